The van der Waals surface area contributed by atoms with Gasteiger partial charge in [0.15, 0.2) is 23.9 Å². The molecule has 0 unspecified atom stereocenters. The summed E-state index contributed by atoms with van der Waals surface area (Å²) in [4.78, 5) is 12.3. The van der Waals surface area contributed by atoms with E-state index in [9.17, 15) is 18.0 Å². The van der Waals surface area contributed by atoms with Crippen LogP contribution in [0.4, 0.5) is 13.2 Å². The number of benzene rings is 1. The average molecular weight is 410 g/mol. The van der Waals surface area contributed by atoms with Crippen LogP contribution in [0.2, 0.25) is 0 Å². The number of rotatable bonds is 5. The van der Waals surface area contributed by atoms with Crippen LogP contribution in [-0.2, 0) is 12.8 Å². The normalized spacial score (nSPS) is 13.0. The third-order valence-electron chi connectivity index (χ3n) is 4.76. The van der Waals surface area contributed by atoms with Crippen molar-refractivity contribution in [1.82, 2.24) is 0 Å². The lowest BCUT2D eigenvalue weighted by atomic mass is 9.96. The molecular formula is C21H21F3O5. The maximum atomic E-state index is 12.6. The highest BCUT2D eigenvalue weighted by Gasteiger charge is 2.29. The molecule has 3 rings (SSSR count). The number of fused-ring (bicyclic) bond motifs is 3. The van der Waals surface area contributed by atoms with Crippen molar-refractivity contribution < 1.29 is 32.1 Å². The number of aryl methyl sites for hydroxylation is 2. The minimum absolute atomic E-state index is 0.327. The predicted molar refractivity (Wildman–Crippen MR) is 101 cm³/mol. The first-order valence-corrected chi connectivity index (χ1v) is 8.98. The van der Waals surface area contributed by atoms with Gasteiger partial charge in [-0.2, -0.15) is 13.2 Å². The fourth-order valence-electron chi connectivity index (χ4n) is 3.55. The Morgan fingerprint density at radius 3 is 2.17 bits per heavy atom. The van der Waals surface area contributed by atoms with Crippen molar-refractivity contribution in [3.63, 3.8) is 0 Å². The first-order chi connectivity index (χ1) is 13.8. The van der Waals surface area contributed by atoms with E-state index in [1.165, 1.54) is 33.5 Å². The summed E-state index contributed by atoms with van der Waals surface area (Å²) in [5.74, 6) is 1.04. The summed E-state index contributed by atoms with van der Waals surface area (Å²) in [5.41, 5.74) is 2.44. The highest BCUT2D eigenvalue weighted by molar-refractivity contribution is 5.82. The molecule has 5 nitrogen and oxygen atoms in total. The molecule has 0 bridgehead atoms. The largest absolute Gasteiger partial charge is 0.493 e. The third-order valence-corrected chi connectivity index (χ3v) is 4.76. The third kappa shape index (κ3) is 4.26. The maximum absolute atomic E-state index is 12.6. The Kier molecular flexibility index (Phi) is 5.91. The minimum Gasteiger partial charge on any atom is -0.493 e. The maximum Gasteiger partial charge on any atom is 0.422 e. The summed E-state index contributed by atoms with van der Waals surface area (Å²) < 4.78 is 58.9. The second kappa shape index (κ2) is 8.23. The molecule has 0 aliphatic heterocycles. The molecule has 0 heterocycles. The SMILES string of the molecule is COc1cc2c(c(OC)c1OC)-c1ccc(=O)c(OCC(F)(F)F)cc1CCC2. The summed E-state index contributed by atoms with van der Waals surface area (Å²) in [6.45, 7) is -1.52. The molecule has 156 valence electrons. The van der Waals surface area contributed by atoms with Crippen molar-refractivity contribution in [2.24, 2.45) is 0 Å². The van der Waals surface area contributed by atoms with Crippen LogP contribution in [0.3, 0.4) is 0 Å². The number of alkyl halides is 3. The highest BCUT2D eigenvalue weighted by atomic mass is 19.4. The molecule has 0 atom stereocenters. The Morgan fingerprint density at radius 1 is 0.897 bits per heavy atom. The summed E-state index contributed by atoms with van der Waals surface area (Å²) in [6, 6.07) is 6.07. The van der Waals surface area contributed by atoms with Crippen LogP contribution in [0.15, 0.2) is 29.1 Å². The van der Waals surface area contributed by atoms with Gasteiger partial charge < -0.3 is 18.9 Å². The zero-order valence-electron chi connectivity index (χ0n) is 16.3. The summed E-state index contributed by atoms with van der Waals surface area (Å²) in [5, 5.41) is 0. The molecule has 29 heavy (non-hydrogen) atoms. The fraction of sp³-hybridized carbons (Fsp3) is 0.381. The van der Waals surface area contributed by atoms with Crippen LogP contribution in [0, 0.1) is 0 Å². The second-order valence-electron chi connectivity index (χ2n) is 6.58. The van der Waals surface area contributed by atoms with Gasteiger partial charge in [-0.25, -0.2) is 0 Å². The summed E-state index contributed by atoms with van der Waals surface area (Å²) >= 11 is 0. The van der Waals surface area contributed by atoms with E-state index in [-0.39, 0.29) is 5.75 Å². The summed E-state index contributed by atoms with van der Waals surface area (Å²) in [7, 11) is 4.53. The molecule has 2 aromatic carbocycles. The van der Waals surface area contributed by atoms with Gasteiger partial charge in [-0.3, -0.25) is 4.79 Å². The molecule has 0 amide bonds. The van der Waals surface area contributed by atoms with Crippen molar-refractivity contribution in [1.29, 1.82) is 0 Å². The van der Waals surface area contributed by atoms with Crippen LogP contribution in [0.5, 0.6) is 23.0 Å². The van der Waals surface area contributed by atoms with E-state index in [4.69, 9.17) is 18.9 Å². The lowest BCUT2D eigenvalue weighted by Crippen LogP contribution is -2.21. The molecule has 2 aromatic rings. The van der Waals surface area contributed by atoms with Crippen molar-refractivity contribution in [3.8, 4) is 34.1 Å². The quantitative estimate of drug-likeness (QED) is 0.741. The van der Waals surface area contributed by atoms with Crippen molar-refractivity contribution in [2.75, 3.05) is 27.9 Å². The van der Waals surface area contributed by atoms with Gasteiger partial charge in [-0.15, -0.1) is 0 Å². The van der Waals surface area contributed by atoms with Crippen LogP contribution in [0.25, 0.3) is 11.1 Å². The van der Waals surface area contributed by atoms with Gasteiger partial charge >= 0.3 is 6.18 Å². The molecule has 0 spiro atoms. The molecule has 0 fully saturated rings. The van der Waals surface area contributed by atoms with Crippen LogP contribution >= 0.6 is 0 Å². The number of ether oxygens (including phenoxy) is 4. The Balaban J connectivity index is 2.23. The van der Waals surface area contributed by atoms with Gasteiger partial charge in [0.2, 0.25) is 11.2 Å². The van der Waals surface area contributed by atoms with Gasteiger partial charge in [0.05, 0.1) is 21.3 Å². The number of halogens is 3. The van der Waals surface area contributed by atoms with Gasteiger partial charge in [0.25, 0.3) is 0 Å². The lowest BCUT2D eigenvalue weighted by molar-refractivity contribution is -0.153. The van der Waals surface area contributed by atoms with Gasteiger partial charge in [0, 0.05) is 5.56 Å². The number of hydrogen-bond donors (Lipinski definition) is 0. The van der Waals surface area contributed by atoms with Gasteiger partial charge in [-0.05, 0) is 60.2 Å². The van der Waals surface area contributed by atoms with Gasteiger partial charge in [-0.1, -0.05) is 0 Å². The van der Waals surface area contributed by atoms with Crippen molar-refractivity contribution in [3.05, 3.63) is 45.6 Å². The van der Waals surface area contributed by atoms with E-state index >= 15 is 0 Å². The first kappa shape index (κ1) is 20.8. The Labute approximate surface area is 166 Å². The molecule has 0 aromatic heterocycles. The van der Waals surface area contributed by atoms with Crippen LogP contribution in [0.1, 0.15) is 17.5 Å². The molecule has 1 aliphatic rings. The lowest BCUT2D eigenvalue weighted by Gasteiger charge is -2.19. The van der Waals surface area contributed by atoms with E-state index in [2.05, 4.69) is 0 Å². The molecule has 0 saturated carbocycles. The van der Waals surface area contributed by atoms with Gasteiger partial charge in [0.1, 0.15) is 0 Å². The van der Waals surface area contributed by atoms with E-state index in [0.29, 0.717) is 41.2 Å². The Hall–Kier alpha value is -2.90. The van der Waals surface area contributed by atoms with E-state index in [1.54, 1.807) is 6.07 Å². The van der Waals surface area contributed by atoms with Crippen molar-refractivity contribution >= 4 is 0 Å². The first-order valence-electron chi connectivity index (χ1n) is 8.98. The molecule has 1 aliphatic carbocycles. The fourth-order valence-corrected chi connectivity index (χ4v) is 3.55. The Morgan fingerprint density at radius 2 is 1.55 bits per heavy atom. The molecule has 0 N–H and O–H groups in total. The molecule has 8 heteroatoms. The number of hydrogen-bond acceptors (Lipinski definition) is 5. The Bertz CT molecular complexity index is 970. The monoisotopic (exact) mass is 410 g/mol. The topological polar surface area (TPSA) is 54.0 Å². The van der Waals surface area contributed by atoms with Crippen LogP contribution < -0.4 is 24.4 Å². The smallest absolute Gasteiger partial charge is 0.422 e. The van der Waals surface area contributed by atoms with E-state index < -0.39 is 18.2 Å². The predicted octanol–water partition coefficient (Wildman–Crippen LogP) is 4.17. The molecular weight excluding hydrogens is 389 g/mol. The van der Waals surface area contributed by atoms with Crippen LogP contribution in [-0.4, -0.2) is 34.1 Å². The highest BCUT2D eigenvalue weighted by Crippen LogP contribution is 2.49. The molecule has 0 radical (unpaired) electrons. The second-order valence-corrected chi connectivity index (χ2v) is 6.58. The standard InChI is InChI=1S/C21H21F3O5/c1-26-17-10-13-6-4-5-12-9-16(29-11-21(22,23)24)15(25)8-7-14(12)18(13)20(28-3)19(17)27-2/h7-10H,4-6,11H2,1-3H3. The average Bonchev–Trinajstić information content (AvgIpc) is 2.94. The van der Waals surface area contributed by atoms with E-state index in [1.807, 2.05) is 6.07 Å². The zero-order chi connectivity index (χ0) is 21.2. The zero-order valence-corrected chi connectivity index (χ0v) is 16.3. The number of methoxy groups -OCH3 is 3. The summed E-state index contributed by atoms with van der Waals surface area (Å²) in [6.07, 6.45) is -2.53. The molecule has 0 saturated heterocycles. The van der Waals surface area contributed by atoms with E-state index in [0.717, 1.165) is 17.5 Å². The minimum atomic E-state index is -4.53. The van der Waals surface area contributed by atoms with Crippen molar-refractivity contribution in [2.45, 2.75) is 25.4 Å².